The third-order valence-corrected chi connectivity index (χ3v) is 3.91. The maximum Gasteiger partial charge on any atom is 0.240 e. The molecule has 0 spiro atoms. The topological polar surface area (TPSA) is 32.3 Å². The number of nitrogens with zero attached hydrogens (tertiary/aromatic N) is 1. The van der Waals surface area contributed by atoms with E-state index in [1.807, 2.05) is 24.0 Å². The molecule has 4 heteroatoms. The van der Waals surface area contributed by atoms with Crippen LogP contribution in [0.2, 0.25) is 0 Å². The van der Waals surface area contributed by atoms with Crippen molar-refractivity contribution >= 4 is 27.5 Å². The Labute approximate surface area is 110 Å². The highest BCUT2D eigenvalue weighted by Crippen LogP contribution is 2.23. The van der Waals surface area contributed by atoms with Crippen LogP contribution in [0.1, 0.15) is 18.4 Å². The van der Waals surface area contributed by atoms with Crippen LogP contribution in [0.25, 0.3) is 0 Å². The van der Waals surface area contributed by atoms with E-state index in [1.54, 1.807) is 0 Å². The van der Waals surface area contributed by atoms with Gasteiger partial charge in [-0.3, -0.25) is 4.79 Å². The molecule has 0 bridgehead atoms. The minimum Gasteiger partial charge on any atom is -0.311 e. The van der Waals surface area contributed by atoms with Crippen LogP contribution in [-0.4, -0.2) is 25.5 Å². The van der Waals surface area contributed by atoms with Gasteiger partial charge in [-0.15, -0.1) is 0 Å². The lowest BCUT2D eigenvalue weighted by atomic mass is 10.1. The summed E-state index contributed by atoms with van der Waals surface area (Å²) in [4.78, 5) is 13.9. The van der Waals surface area contributed by atoms with Gasteiger partial charge in [-0.2, -0.15) is 0 Å². The minimum atomic E-state index is 0.159. The fourth-order valence-electron chi connectivity index (χ4n) is 2.01. The number of nitrogens with one attached hydrogen (secondary N) is 1. The predicted molar refractivity (Wildman–Crippen MR) is 73.3 cm³/mol. The maximum absolute atomic E-state index is 12.0. The van der Waals surface area contributed by atoms with Crippen molar-refractivity contribution in [3.63, 3.8) is 0 Å². The molecule has 1 amide bonds. The Morgan fingerprint density at radius 2 is 2.18 bits per heavy atom. The second-order valence-corrected chi connectivity index (χ2v) is 5.22. The summed E-state index contributed by atoms with van der Waals surface area (Å²) in [7, 11) is 0. The first kappa shape index (κ1) is 12.6. The summed E-state index contributed by atoms with van der Waals surface area (Å²) in [6, 6.07) is 6.06. The van der Waals surface area contributed by atoms with E-state index >= 15 is 0 Å². The van der Waals surface area contributed by atoms with Crippen molar-refractivity contribution in [3.05, 3.63) is 28.2 Å². The molecule has 1 aliphatic rings. The van der Waals surface area contributed by atoms with Gasteiger partial charge in [0.2, 0.25) is 5.91 Å². The molecule has 92 valence electrons. The lowest BCUT2D eigenvalue weighted by molar-refractivity contribution is -0.118. The SMILES string of the molecule is Cc1cc(N2CCCCNCC2=O)ccc1Br. The zero-order valence-electron chi connectivity index (χ0n) is 10.0. The Kier molecular flexibility index (Phi) is 4.18. The number of carbonyl (C=O) groups excluding carboxylic acids is 1. The fourth-order valence-corrected chi connectivity index (χ4v) is 2.25. The Bertz CT molecular complexity index is 420. The number of hydrogen-bond donors (Lipinski definition) is 1. The van der Waals surface area contributed by atoms with Crippen LogP contribution in [0.3, 0.4) is 0 Å². The molecular formula is C13H17BrN2O. The molecule has 0 unspecified atom stereocenters. The second-order valence-electron chi connectivity index (χ2n) is 4.36. The van der Waals surface area contributed by atoms with E-state index in [-0.39, 0.29) is 5.91 Å². The summed E-state index contributed by atoms with van der Waals surface area (Å²) in [6.45, 7) is 4.25. The van der Waals surface area contributed by atoms with Gasteiger partial charge in [0.15, 0.2) is 0 Å². The zero-order chi connectivity index (χ0) is 12.3. The number of aryl methyl sites for hydroxylation is 1. The van der Waals surface area contributed by atoms with E-state index in [1.165, 1.54) is 0 Å². The third kappa shape index (κ3) is 3.07. The number of amides is 1. The summed E-state index contributed by atoms with van der Waals surface area (Å²) in [5.74, 6) is 0.159. The van der Waals surface area contributed by atoms with Crippen molar-refractivity contribution < 1.29 is 4.79 Å². The summed E-state index contributed by atoms with van der Waals surface area (Å²) in [5, 5.41) is 3.16. The molecule has 0 aliphatic carbocycles. The van der Waals surface area contributed by atoms with Gasteiger partial charge in [-0.1, -0.05) is 15.9 Å². The molecule has 0 saturated carbocycles. The van der Waals surface area contributed by atoms with Crippen LogP contribution in [0.4, 0.5) is 5.69 Å². The number of carbonyl (C=O) groups is 1. The van der Waals surface area contributed by atoms with E-state index in [0.717, 1.165) is 41.7 Å². The standard InChI is InChI=1S/C13H17BrN2O/c1-10-8-11(4-5-12(10)14)16-7-3-2-6-15-9-13(16)17/h4-5,8,15H,2-3,6-7,9H2,1H3. The van der Waals surface area contributed by atoms with E-state index in [9.17, 15) is 4.79 Å². The number of hydrogen-bond acceptors (Lipinski definition) is 2. The first-order chi connectivity index (χ1) is 8.18. The van der Waals surface area contributed by atoms with Crippen LogP contribution in [0, 0.1) is 6.92 Å². The third-order valence-electron chi connectivity index (χ3n) is 3.02. The highest BCUT2D eigenvalue weighted by atomic mass is 79.9. The molecular weight excluding hydrogens is 280 g/mol. The molecule has 3 nitrogen and oxygen atoms in total. The van der Waals surface area contributed by atoms with Gasteiger partial charge in [-0.05, 0) is 50.1 Å². The number of benzene rings is 1. The van der Waals surface area contributed by atoms with Crippen LogP contribution >= 0.6 is 15.9 Å². The highest BCUT2D eigenvalue weighted by Gasteiger charge is 2.17. The lowest BCUT2D eigenvalue weighted by Gasteiger charge is -2.25. The molecule has 17 heavy (non-hydrogen) atoms. The van der Waals surface area contributed by atoms with Crippen LogP contribution in [-0.2, 0) is 4.79 Å². The van der Waals surface area contributed by atoms with Gasteiger partial charge in [0.05, 0.1) is 6.54 Å². The van der Waals surface area contributed by atoms with Crippen LogP contribution in [0.5, 0.6) is 0 Å². The summed E-state index contributed by atoms with van der Waals surface area (Å²) >= 11 is 3.48. The average molecular weight is 297 g/mol. The molecule has 2 rings (SSSR count). The van der Waals surface area contributed by atoms with Gasteiger partial charge < -0.3 is 10.2 Å². The molecule has 1 aliphatic heterocycles. The van der Waals surface area contributed by atoms with Crippen molar-refractivity contribution in [1.29, 1.82) is 0 Å². The van der Waals surface area contributed by atoms with Gasteiger partial charge in [0.25, 0.3) is 0 Å². The minimum absolute atomic E-state index is 0.159. The molecule has 0 aromatic heterocycles. The molecule has 0 radical (unpaired) electrons. The monoisotopic (exact) mass is 296 g/mol. The van der Waals surface area contributed by atoms with Crippen molar-refractivity contribution in [2.75, 3.05) is 24.5 Å². The molecule has 1 fully saturated rings. The largest absolute Gasteiger partial charge is 0.311 e. The van der Waals surface area contributed by atoms with E-state index < -0.39 is 0 Å². The van der Waals surface area contributed by atoms with E-state index in [0.29, 0.717) is 6.54 Å². The van der Waals surface area contributed by atoms with E-state index in [4.69, 9.17) is 0 Å². The van der Waals surface area contributed by atoms with Gasteiger partial charge in [0, 0.05) is 16.7 Å². The quantitative estimate of drug-likeness (QED) is 0.863. The zero-order valence-corrected chi connectivity index (χ0v) is 11.6. The van der Waals surface area contributed by atoms with Crippen molar-refractivity contribution in [2.24, 2.45) is 0 Å². The molecule has 1 aromatic rings. The highest BCUT2D eigenvalue weighted by molar-refractivity contribution is 9.10. The fraction of sp³-hybridized carbons (Fsp3) is 0.462. The van der Waals surface area contributed by atoms with Gasteiger partial charge in [-0.25, -0.2) is 0 Å². The Morgan fingerprint density at radius 3 is 2.94 bits per heavy atom. The summed E-state index contributed by atoms with van der Waals surface area (Å²) in [5.41, 5.74) is 2.16. The second kappa shape index (κ2) is 5.65. The van der Waals surface area contributed by atoms with Crippen molar-refractivity contribution in [3.8, 4) is 0 Å². The van der Waals surface area contributed by atoms with Crippen molar-refractivity contribution in [1.82, 2.24) is 5.32 Å². The molecule has 1 N–H and O–H groups in total. The molecule has 1 heterocycles. The maximum atomic E-state index is 12.0. The van der Waals surface area contributed by atoms with Gasteiger partial charge >= 0.3 is 0 Å². The number of halogens is 1. The van der Waals surface area contributed by atoms with Crippen LogP contribution < -0.4 is 10.2 Å². The normalized spacial score (nSPS) is 17.8. The summed E-state index contributed by atoms with van der Waals surface area (Å²) < 4.78 is 1.08. The molecule has 0 atom stereocenters. The first-order valence-corrected chi connectivity index (χ1v) is 6.75. The number of anilines is 1. The Balaban J connectivity index is 2.22. The lowest BCUT2D eigenvalue weighted by Crippen LogP contribution is -2.41. The summed E-state index contributed by atoms with van der Waals surface area (Å²) in [6.07, 6.45) is 2.17. The predicted octanol–water partition coefficient (Wildman–Crippen LogP) is 2.47. The Hall–Kier alpha value is -0.870. The van der Waals surface area contributed by atoms with Crippen molar-refractivity contribution in [2.45, 2.75) is 19.8 Å². The number of rotatable bonds is 1. The molecule has 1 saturated heterocycles. The average Bonchev–Trinajstić information content (AvgIpc) is 2.28. The van der Waals surface area contributed by atoms with Gasteiger partial charge in [0.1, 0.15) is 0 Å². The van der Waals surface area contributed by atoms with Crippen LogP contribution in [0.15, 0.2) is 22.7 Å². The first-order valence-electron chi connectivity index (χ1n) is 5.96. The van der Waals surface area contributed by atoms with E-state index in [2.05, 4.69) is 27.3 Å². The smallest absolute Gasteiger partial charge is 0.240 e. The Morgan fingerprint density at radius 1 is 1.35 bits per heavy atom. The molecule has 1 aromatic carbocycles.